The minimum atomic E-state index is -2.92. The average molecular weight is 347 g/mol. The predicted molar refractivity (Wildman–Crippen MR) is 75.8 cm³/mol. The summed E-state index contributed by atoms with van der Waals surface area (Å²) in [5.41, 5.74) is 0. The van der Waals surface area contributed by atoms with Crippen molar-refractivity contribution in [1.29, 1.82) is 0 Å². The van der Waals surface area contributed by atoms with Crippen LogP contribution in [0.15, 0.2) is 43.0 Å². The second-order valence-corrected chi connectivity index (χ2v) is 7.25. The van der Waals surface area contributed by atoms with Crippen molar-refractivity contribution in [1.82, 2.24) is 0 Å². The van der Waals surface area contributed by atoms with E-state index in [1.165, 1.54) is 18.4 Å². The number of amides is 1. The topological polar surface area (TPSA) is 46.5 Å². The molecular formula is C10H7Cl4NO2S. The number of benzene rings is 1. The summed E-state index contributed by atoms with van der Waals surface area (Å²) in [6.07, 6.45) is 1.31. The van der Waals surface area contributed by atoms with E-state index in [0.29, 0.717) is 9.92 Å². The molecular weight excluding hydrogens is 340 g/mol. The highest BCUT2D eigenvalue weighted by Gasteiger charge is 2.14. The molecule has 98 valence electrons. The molecule has 0 bridgehead atoms. The van der Waals surface area contributed by atoms with Crippen molar-refractivity contribution >= 4 is 62.0 Å². The van der Waals surface area contributed by atoms with E-state index in [9.17, 15) is 9.00 Å². The van der Waals surface area contributed by atoms with Gasteiger partial charge >= 0.3 is 0 Å². The first kappa shape index (κ1) is 15.8. The Kier molecular flexibility index (Phi) is 5.49. The second-order valence-electron chi connectivity index (χ2n) is 3.23. The van der Waals surface area contributed by atoms with Gasteiger partial charge < -0.3 is 0 Å². The van der Waals surface area contributed by atoms with Crippen molar-refractivity contribution in [2.75, 3.05) is 6.26 Å². The molecule has 18 heavy (non-hydrogen) atoms. The Labute approximate surface area is 125 Å². The van der Waals surface area contributed by atoms with Gasteiger partial charge in [-0.25, -0.2) is 4.21 Å². The van der Waals surface area contributed by atoms with Gasteiger partial charge in [-0.1, -0.05) is 46.4 Å². The van der Waals surface area contributed by atoms with Crippen LogP contribution >= 0.6 is 46.4 Å². The molecule has 0 fully saturated rings. The number of hydrogen-bond acceptors (Lipinski definition) is 2. The molecule has 3 nitrogen and oxygen atoms in total. The van der Waals surface area contributed by atoms with Crippen molar-refractivity contribution in [3.05, 3.63) is 38.8 Å². The van der Waals surface area contributed by atoms with Crippen LogP contribution in [0.3, 0.4) is 0 Å². The second kappa shape index (κ2) is 6.26. The van der Waals surface area contributed by atoms with Crippen LogP contribution in [0.5, 0.6) is 0 Å². The fourth-order valence-corrected chi connectivity index (χ4v) is 2.55. The third kappa shape index (κ3) is 4.14. The summed E-state index contributed by atoms with van der Waals surface area (Å²) in [5, 5.41) is 0.0175. The van der Waals surface area contributed by atoms with E-state index in [0.717, 1.165) is 0 Å². The Hall–Kier alpha value is -0.260. The van der Waals surface area contributed by atoms with E-state index < -0.39 is 25.2 Å². The Balaban J connectivity index is 3.23. The maximum Gasteiger partial charge on any atom is 0.299 e. The van der Waals surface area contributed by atoms with Gasteiger partial charge in [0.1, 0.15) is 9.52 Å². The molecule has 0 N–H and O–H groups in total. The van der Waals surface area contributed by atoms with Crippen LogP contribution in [0.2, 0.25) is 5.02 Å². The van der Waals surface area contributed by atoms with E-state index in [1.807, 2.05) is 0 Å². The molecule has 1 atom stereocenters. The molecule has 0 saturated carbocycles. The van der Waals surface area contributed by atoms with Gasteiger partial charge in [-0.05, 0) is 24.3 Å². The molecule has 0 radical (unpaired) electrons. The fraction of sp³-hybridized carbons (Fsp3) is 0.100. The molecule has 1 amide bonds. The molecule has 1 rings (SSSR count). The number of hydrogen-bond donors (Lipinski definition) is 0. The Morgan fingerprint density at radius 3 is 2.11 bits per heavy atom. The first-order valence-corrected chi connectivity index (χ1v) is 7.90. The van der Waals surface area contributed by atoms with Crippen molar-refractivity contribution in [2.24, 2.45) is 4.36 Å². The maximum absolute atomic E-state index is 12.2. The number of carbonyl (C=O) groups is 1. The standard InChI is InChI=1S/C10H7Cl4NO2S/c1-18(17,7-4-2-6(11)3-5-7)15-10(16)8(12)9(13)14/h2-5H,1H3/t18-/m1/s1. The normalized spacial score (nSPS) is 13.6. The number of nitrogens with zero attached hydrogens (tertiary/aromatic N) is 1. The Bertz CT molecular complexity index is 611. The first-order chi connectivity index (χ1) is 8.24. The molecule has 0 heterocycles. The van der Waals surface area contributed by atoms with Crippen LogP contribution in [0, 0.1) is 0 Å². The third-order valence-electron chi connectivity index (χ3n) is 1.86. The SMILES string of the molecule is C[S@](=O)(=NC(=O)C(Cl)=C(Cl)Cl)c1ccc(Cl)cc1. The van der Waals surface area contributed by atoms with Gasteiger partial charge in [0.05, 0.1) is 9.73 Å². The van der Waals surface area contributed by atoms with Crippen molar-refractivity contribution in [3.63, 3.8) is 0 Å². The highest BCUT2D eigenvalue weighted by Crippen LogP contribution is 2.21. The summed E-state index contributed by atoms with van der Waals surface area (Å²) in [7, 11) is -2.92. The monoisotopic (exact) mass is 345 g/mol. The van der Waals surface area contributed by atoms with Gasteiger partial charge in [0, 0.05) is 16.2 Å². The van der Waals surface area contributed by atoms with E-state index in [4.69, 9.17) is 46.4 Å². The molecule has 0 saturated heterocycles. The minimum Gasteiger partial charge on any atom is -0.265 e. The van der Waals surface area contributed by atoms with Crippen LogP contribution in [-0.2, 0) is 14.5 Å². The summed E-state index contributed by atoms with van der Waals surface area (Å²) < 4.78 is 15.3. The largest absolute Gasteiger partial charge is 0.299 e. The molecule has 1 aromatic carbocycles. The van der Waals surface area contributed by atoms with E-state index in [2.05, 4.69) is 4.36 Å². The average Bonchev–Trinajstić information content (AvgIpc) is 2.27. The molecule has 8 heteroatoms. The Morgan fingerprint density at radius 2 is 1.67 bits per heavy atom. The van der Waals surface area contributed by atoms with Gasteiger partial charge in [-0.3, -0.25) is 4.79 Å². The van der Waals surface area contributed by atoms with Crippen molar-refractivity contribution in [2.45, 2.75) is 4.90 Å². The lowest BCUT2D eigenvalue weighted by Crippen LogP contribution is -2.03. The van der Waals surface area contributed by atoms with Gasteiger partial charge in [0.15, 0.2) is 0 Å². The minimum absolute atomic E-state index is 0.357. The van der Waals surface area contributed by atoms with Gasteiger partial charge in [-0.2, -0.15) is 4.36 Å². The summed E-state index contributed by atoms with van der Waals surface area (Å²) in [6, 6.07) is 6.13. The van der Waals surface area contributed by atoms with Gasteiger partial charge in [0.25, 0.3) is 5.91 Å². The summed E-state index contributed by atoms with van der Waals surface area (Å²) in [6.45, 7) is 0. The lowest BCUT2D eigenvalue weighted by Gasteiger charge is -2.03. The van der Waals surface area contributed by atoms with Crippen LogP contribution in [0.25, 0.3) is 0 Å². The van der Waals surface area contributed by atoms with E-state index in [-0.39, 0.29) is 0 Å². The molecule has 1 aromatic rings. The number of rotatable bonds is 2. The van der Waals surface area contributed by atoms with Gasteiger partial charge in [0.2, 0.25) is 0 Å². The molecule has 0 aliphatic carbocycles. The van der Waals surface area contributed by atoms with Crippen LogP contribution in [0.4, 0.5) is 0 Å². The van der Waals surface area contributed by atoms with Crippen LogP contribution in [-0.4, -0.2) is 16.4 Å². The molecule has 0 aromatic heterocycles. The van der Waals surface area contributed by atoms with Crippen molar-refractivity contribution in [3.8, 4) is 0 Å². The molecule has 0 unspecified atom stereocenters. The fourth-order valence-electron chi connectivity index (χ4n) is 1.02. The van der Waals surface area contributed by atoms with Crippen LogP contribution < -0.4 is 0 Å². The predicted octanol–water partition coefficient (Wildman–Crippen LogP) is 4.21. The number of carbonyl (C=O) groups excluding carboxylic acids is 1. The highest BCUT2D eigenvalue weighted by molar-refractivity contribution is 7.93. The van der Waals surface area contributed by atoms with Crippen molar-refractivity contribution < 1.29 is 9.00 Å². The zero-order valence-electron chi connectivity index (χ0n) is 8.99. The zero-order chi connectivity index (χ0) is 13.9. The molecule has 0 spiro atoms. The van der Waals surface area contributed by atoms with E-state index >= 15 is 0 Å². The zero-order valence-corrected chi connectivity index (χ0v) is 12.8. The smallest absolute Gasteiger partial charge is 0.265 e. The van der Waals surface area contributed by atoms with Gasteiger partial charge in [-0.15, -0.1) is 0 Å². The highest BCUT2D eigenvalue weighted by atomic mass is 35.5. The Morgan fingerprint density at radius 1 is 1.17 bits per heavy atom. The first-order valence-electron chi connectivity index (χ1n) is 4.47. The molecule has 0 aliphatic rings. The molecule has 0 aliphatic heterocycles. The maximum atomic E-state index is 12.2. The summed E-state index contributed by atoms with van der Waals surface area (Å²) in [4.78, 5) is 11.9. The lowest BCUT2D eigenvalue weighted by atomic mass is 10.4. The third-order valence-corrected chi connectivity index (χ3v) is 4.70. The summed E-state index contributed by atoms with van der Waals surface area (Å²) in [5.74, 6) is -0.931. The van der Waals surface area contributed by atoms with Crippen LogP contribution in [0.1, 0.15) is 0 Å². The quantitative estimate of drug-likeness (QED) is 0.753. The summed E-state index contributed by atoms with van der Waals surface area (Å²) >= 11 is 21.9. The number of halogens is 4. The lowest BCUT2D eigenvalue weighted by molar-refractivity contribution is -0.113. The van der Waals surface area contributed by atoms with E-state index in [1.54, 1.807) is 12.1 Å².